The van der Waals surface area contributed by atoms with Crippen LogP contribution >= 0.6 is 0 Å². The SMILES string of the molecule is Cc1cc2c(n1CC1(C)CCCCC1)CCCC2O. The lowest BCUT2D eigenvalue weighted by molar-refractivity contribution is 0.151. The lowest BCUT2D eigenvalue weighted by Crippen LogP contribution is -2.28. The highest BCUT2D eigenvalue weighted by molar-refractivity contribution is 5.32. The average molecular weight is 261 g/mol. The predicted molar refractivity (Wildman–Crippen MR) is 78.3 cm³/mol. The first-order valence-electron chi connectivity index (χ1n) is 7.96. The molecule has 0 aromatic carbocycles. The molecular formula is C17H27NO. The van der Waals surface area contributed by atoms with Gasteiger partial charge in [0, 0.05) is 23.5 Å². The summed E-state index contributed by atoms with van der Waals surface area (Å²) in [6, 6.07) is 2.23. The molecule has 1 N–H and O–H groups in total. The van der Waals surface area contributed by atoms with Crippen LogP contribution in [0.15, 0.2) is 6.07 Å². The number of aryl methyl sites for hydroxylation is 1. The summed E-state index contributed by atoms with van der Waals surface area (Å²) in [4.78, 5) is 0. The summed E-state index contributed by atoms with van der Waals surface area (Å²) in [7, 11) is 0. The summed E-state index contributed by atoms with van der Waals surface area (Å²) in [5.74, 6) is 0. The van der Waals surface area contributed by atoms with Crippen molar-refractivity contribution in [3.63, 3.8) is 0 Å². The standard InChI is InChI=1S/C17H27NO/c1-13-11-14-15(7-6-8-16(14)19)18(13)12-17(2)9-4-3-5-10-17/h11,16,19H,3-10,12H2,1-2H3. The molecule has 106 valence electrons. The van der Waals surface area contributed by atoms with Gasteiger partial charge in [0.1, 0.15) is 0 Å². The van der Waals surface area contributed by atoms with Crippen LogP contribution in [0.3, 0.4) is 0 Å². The summed E-state index contributed by atoms with van der Waals surface area (Å²) in [5, 5.41) is 10.2. The number of aliphatic hydroxyl groups excluding tert-OH is 1. The van der Waals surface area contributed by atoms with E-state index in [0.29, 0.717) is 5.41 Å². The smallest absolute Gasteiger partial charge is 0.0807 e. The number of hydrogen-bond donors (Lipinski definition) is 1. The Morgan fingerprint density at radius 2 is 2.00 bits per heavy atom. The average Bonchev–Trinajstić information content (AvgIpc) is 2.69. The predicted octanol–water partition coefficient (Wildman–Crippen LogP) is 4.14. The monoisotopic (exact) mass is 261 g/mol. The minimum Gasteiger partial charge on any atom is -0.388 e. The molecule has 1 heterocycles. The Bertz CT molecular complexity index is 454. The van der Waals surface area contributed by atoms with Gasteiger partial charge in [-0.05, 0) is 50.5 Å². The molecule has 2 aliphatic carbocycles. The van der Waals surface area contributed by atoms with Gasteiger partial charge in [-0.25, -0.2) is 0 Å². The van der Waals surface area contributed by atoms with Crippen LogP contribution < -0.4 is 0 Å². The normalized spacial score (nSPS) is 26.2. The molecule has 19 heavy (non-hydrogen) atoms. The lowest BCUT2D eigenvalue weighted by Gasteiger charge is -2.35. The van der Waals surface area contributed by atoms with Gasteiger partial charge in [0.25, 0.3) is 0 Å². The number of aromatic nitrogens is 1. The zero-order valence-electron chi connectivity index (χ0n) is 12.4. The number of rotatable bonds is 2. The van der Waals surface area contributed by atoms with Crippen molar-refractivity contribution in [2.45, 2.75) is 77.9 Å². The summed E-state index contributed by atoms with van der Waals surface area (Å²) in [5.41, 5.74) is 4.45. The van der Waals surface area contributed by atoms with Crippen LogP contribution in [0.4, 0.5) is 0 Å². The molecule has 1 fully saturated rings. The number of aliphatic hydroxyl groups is 1. The zero-order chi connectivity index (χ0) is 13.5. The Balaban J connectivity index is 1.88. The van der Waals surface area contributed by atoms with Crippen LogP contribution in [0.5, 0.6) is 0 Å². The van der Waals surface area contributed by atoms with E-state index in [0.717, 1.165) is 25.8 Å². The van der Waals surface area contributed by atoms with Gasteiger partial charge in [0.05, 0.1) is 6.10 Å². The van der Waals surface area contributed by atoms with Gasteiger partial charge in [-0.1, -0.05) is 26.2 Å². The van der Waals surface area contributed by atoms with E-state index in [-0.39, 0.29) is 6.10 Å². The fraction of sp³-hybridized carbons (Fsp3) is 0.765. The molecule has 0 radical (unpaired) electrons. The number of hydrogen-bond acceptors (Lipinski definition) is 1. The molecule has 0 amide bonds. The molecule has 0 bridgehead atoms. The van der Waals surface area contributed by atoms with Gasteiger partial charge in [0.15, 0.2) is 0 Å². The molecule has 0 aliphatic heterocycles. The van der Waals surface area contributed by atoms with Crippen molar-refractivity contribution in [3.05, 3.63) is 23.0 Å². The third-order valence-corrected chi connectivity index (χ3v) is 5.30. The highest BCUT2D eigenvalue weighted by Crippen LogP contribution is 2.40. The van der Waals surface area contributed by atoms with E-state index in [4.69, 9.17) is 0 Å². The summed E-state index contributed by atoms with van der Waals surface area (Å²) in [6.45, 7) is 5.81. The molecular weight excluding hydrogens is 234 g/mol. The van der Waals surface area contributed by atoms with Crippen LogP contribution in [0.25, 0.3) is 0 Å². The summed E-state index contributed by atoms with van der Waals surface area (Å²) < 4.78 is 2.52. The highest BCUT2D eigenvalue weighted by atomic mass is 16.3. The van der Waals surface area contributed by atoms with E-state index in [1.54, 1.807) is 0 Å². The highest BCUT2D eigenvalue weighted by Gasteiger charge is 2.30. The lowest BCUT2D eigenvalue weighted by atomic mass is 9.75. The Kier molecular flexibility index (Phi) is 3.46. The third-order valence-electron chi connectivity index (χ3n) is 5.30. The summed E-state index contributed by atoms with van der Waals surface area (Å²) in [6.07, 6.45) is 9.92. The van der Waals surface area contributed by atoms with Crippen molar-refractivity contribution in [2.24, 2.45) is 5.41 Å². The maximum Gasteiger partial charge on any atom is 0.0807 e. The quantitative estimate of drug-likeness (QED) is 0.850. The van der Waals surface area contributed by atoms with Crippen molar-refractivity contribution in [1.29, 1.82) is 0 Å². The Morgan fingerprint density at radius 3 is 2.74 bits per heavy atom. The second-order valence-electron chi connectivity index (χ2n) is 7.05. The van der Waals surface area contributed by atoms with E-state index in [1.165, 1.54) is 49.1 Å². The Morgan fingerprint density at radius 1 is 1.26 bits per heavy atom. The van der Waals surface area contributed by atoms with Crippen molar-refractivity contribution < 1.29 is 5.11 Å². The zero-order valence-corrected chi connectivity index (χ0v) is 12.4. The van der Waals surface area contributed by atoms with Crippen LogP contribution in [0.2, 0.25) is 0 Å². The van der Waals surface area contributed by atoms with Gasteiger partial charge in [-0.2, -0.15) is 0 Å². The van der Waals surface area contributed by atoms with Gasteiger partial charge in [0.2, 0.25) is 0 Å². The molecule has 1 aromatic rings. The van der Waals surface area contributed by atoms with Crippen molar-refractivity contribution in [3.8, 4) is 0 Å². The molecule has 2 nitrogen and oxygen atoms in total. The molecule has 1 atom stereocenters. The molecule has 1 unspecified atom stereocenters. The van der Waals surface area contributed by atoms with Crippen molar-refractivity contribution in [1.82, 2.24) is 4.57 Å². The van der Waals surface area contributed by atoms with Crippen LogP contribution in [0, 0.1) is 12.3 Å². The Hall–Kier alpha value is -0.760. The van der Waals surface area contributed by atoms with Crippen molar-refractivity contribution >= 4 is 0 Å². The fourth-order valence-electron chi connectivity index (χ4n) is 4.11. The van der Waals surface area contributed by atoms with E-state index in [1.807, 2.05) is 0 Å². The Labute approximate surface area is 116 Å². The first kappa shape index (κ1) is 13.2. The first-order valence-corrected chi connectivity index (χ1v) is 7.96. The van der Waals surface area contributed by atoms with E-state index in [2.05, 4.69) is 24.5 Å². The summed E-state index contributed by atoms with van der Waals surface area (Å²) >= 11 is 0. The molecule has 1 saturated carbocycles. The van der Waals surface area contributed by atoms with Gasteiger partial charge in [-0.15, -0.1) is 0 Å². The molecule has 1 aromatic heterocycles. The molecule has 2 heteroatoms. The van der Waals surface area contributed by atoms with Crippen LogP contribution in [-0.2, 0) is 13.0 Å². The fourth-order valence-corrected chi connectivity index (χ4v) is 4.11. The van der Waals surface area contributed by atoms with Gasteiger partial charge in [-0.3, -0.25) is 0 Å². The third kappa shape index (κ3) is 2.47. The van der Waals surface area contributed by atoms with E-state index >= 15 is 0 Å². The number of fused-ring (bicyclic) bond motifs is 1. The molecule has 2 aliphatic rings. The minimum atomic E-state index is -0.220. The number of nitrogens with zero attached hydrogens (tertiary/aromatic N) is 1. The second kappa shape index (κ2) is 4.97. The molecule has 0 spiro atoms. The maximum absolute atomic E-state index is 10.2. The van der Waals surface area contributed by atoms with E-state index < -0.39 is 0 Å². The van der Waals surface area contributed by atoms with Gasteiger partial charge < -0.3 is 9.67 Å². The largest absolute Gasteiger partial charge is 0.388 e. The second-order valence-corrected chi connectivity index (χ2v) is 7.05. The molecule has 3 rings (SSSR count). The minimum absolute atomic E-state index is 0.220. The van der Waals surface area contributed by atoms with Crippen LogP contribution in [-0.4, -0.2) is 9.67 Å². The maximum atomic E-state index is 10.2. The van der Waals surface area contributed by atoms with Crippen LogP contribution in [0.1, 0.15) is 74.9 Å². The molecule has 0 saturated heterocycles. The first-order chi connectivity index (χ1) is 9.09. The van der Waals surface area contributed by atoms with Crippen molar-refractivity contribution in [2.75, 3.05) is 0 Å². The van der Waals surface area contributed by atoms with E-state index in [9.17, 15) is 5.11 Å². The topological polar surface area (TPSA) is 25.2 Å². The van der Waals surface area contributed by atoms with Gasteiger partial charge >= 0.3 is 0 Å².